The van der Waals surface area contributed by atoms with Gasteiger partial charge in [-0.1, -0.05) is 0 Å². The fourth-order valence-corrected chi connectivity index (χ4v) is 3.48. The van der Waals surface area contributed by atoms with Gasteiger partial charge in [-0.05, 0) is 31.0 Å². The third-order valence-electron chi connectivity index (χ3n) is 4.40. The molecule has 1 aromatic heterocycles. The molecule has 2 aliphatic rings. The number of ketones is 1. The summed E-state index contributed by atoms with van der Waals surface area (Å²) in [6, 6.07) is 6.16. The molecular weight excluding hydrogens is 268 g/mol. The summed E-state index contributed by atoms with van der Waals surface area (Å²) in [5.74, 6) is 0.926. The molecule has 0 aliphatic carbocycles. The lowest BCUT2D eigenvalue weighted by Gasteiger charge is -2.39. The Morgan fingerprint density at radius 2 is 2.05 bits per heavy atom. The van der Waals surface area contributed by atoms with E-state index in [1.54, 1.807) is 0 Å². The number of aryl methyl sites for hydroxylation is 1. The lowest BCUT2D eigenvalue weighted by molar-refractivity contribution is 0.00953. The lowest BCUT2D eigenvalue weighted by Crippen LogP contribution is -2.55. The Labute approximate surface area is 122 Å². The molecule has 0 radical (unpaired) electrons. The minimum Gasteiger partial charge on any atom is -0.441 e. The molecule has 0 spiro atoms. The zero-order chi connectivity index (χ0) is 14.4. The van der Waals surface area contributed by atoms with Crippen LogP contribution in [0.25, 0.3) is 11.1 Å². The van der Waals surface area contributed by atoms with E-state index in [2.05, 4.69) is 10.3 Å². The van der Waals surface area contributed by atoms with Gasteiger partial charge < -0.3 is 14.5 Å². The van der Waals surface area contributed by atoms with Crippen LogP contribution in [0.2, 0.25) is 0 Å². The summed E-state index contributed by atoms with van der Waals surface area (Å²) in [6.07, 6.45) is 1.70. The van der Waals surface area contributed by atoms with Crippen LogP contribution < -0.4 is 5.32 Å². The van der Waals surface area contributed by atoms with Gasteiger partial charge in [0.25, 0.3) is 0 Å². The second-order valence-corrected chi connectivity index (χ2v) is 6.05. The van der Waals surface area contributed by atoms with Crippen LogP contribution in [0.4, 0.5) is 0 Å². The first-order chi connectivity index (χ1) is 10.2. The highest BCUT2D eigenvalue weighted by molar-refractivity contribution is 6.00. The molecule has 1 N–H and O–H groups in total. The van der Waals surface area contributed by atoms with Crippen LogP contribution in [0.5, 0.6) is 0 Å². The van der Waals surface area contributed by atoms with Gasteiger partial charge in [-0.15, -0.1) is 0 Å². The first-order valence-corrected chi connectivity index (χ1v) is 7.44. The van der Waals surface area contributed by atoms with Gasteiger partial charge in [-0.25, -0.2) is 4.98 Å². The summed E-state index contributed by atoms with van der Waals surface area (Å²) in [6.45, 7) is 3.24. The molecule has 1 aromatic carbocycles. The molecule has 0 saturated carbocycles. The third-order valence-corrected chi connectivity index (χ3v) is 4.40. The van der Waals surface area contributed by atoms with Gasteiger partial charge in [0, 0.05) is 30.5 Å². The minimum absolute atomic E-state index is 0.0793. The first kappa shape index (κ1) is 13.0. The van der Waals surface area contributed by atoms with Crippen LogP contribution in [0.1, 0.15) is 29.1 Å². The van der Waals surface area contributed by atoms with Crippen LogP contribution >= 0.6 is 0 Å². The number of benzene rings is 1. The maximum atomic E-state index is 12.8. The van der Waals surface area contributed by atoms with Crippen molar-refractivity contribution in [2.45, 2.75) is 31.8 Å². The highest BCUT2D eigenvalue weighted by atomic mass is 16.5. The number of nitrogens with zero attached hydrogens (tertiary/aromatic N) is 1. The number of nitrogens with one attached hydrogen (secondary N) is 1. The summed E-state index contributed by atoms with van der Waals surface area (Å²) >= 11 is 0. The Balaban J connectivity index is 1.60. The summed E-state index contributed by atoms with van der Waals surface area (Å²) in [5.41, 5.74) is 2.23. The largest absolute Gasteiger partial charge is 0.441 e. The van der Waals surface area contributed by atoms with E-state index >= 15 is 0 Å². The van der Waals surface area contributed by atoms with Crippen LogP contribution in [-0.4, -0.2) is 36.1 Å². The van der Waals surface area contributed by atoms with Gasteiger partial charge in [0.05, 0.1) is 13.2 Å². The number of aromatic nitrogens is 1. The van der Waals surface area contributed by atoms with Gasteiger partial charge >= 0.3 is 0 Å². The fraction of sp³-hybridized carbons (Fsp3) is 0.500. The lowest BCUT2D eigenvalue weighted by atomic mass is 9.82. The number of fused-ring (bicyclic) bond motifs is 3. The van der Waals surface area contributed by atoms with E-state index in [4.69, 9.17) is 9.15 Å². The van der Waals surface area contributed by atoms with Gasteiger partial charge in [-0.2, -0.15) is 0 Å². The number of ether oxygens (including phenoxy) is 1. The summed E-state index contributed by atoms with van der Waals surface area (Å²) in [7, 11) is 0. The maximum absolute atomic E-state index is 12.8. The highest BCUT2D eigenvalue weighted by Crippen LogP contribution is 2.28. The van der Waals surface area contributed by atoms with Crippen LogP contribution in [-0.2, 0) is 4.74 Å². The second kappa shape index (κ2) is 4.93. The van der Waals surface area contributed by atoms with E-state index in [1.165, 1.54) is 0 Å². The van der Waals surface area contributed by atoms with E-state index in [9.17, 15) is 4.79 Å². The molecule has 2 atom stereocenters. The Hall–Kier alpha value is -1.72. The maximum Gasteiger partial charge on any atom is 0.192 e. The van der Waals surface area contributed by atoms with E-state index in [0.29, 0.717) is 31.2 Å². The SMILES string of the molecule is Cc1nc2cc(C(=O)C3CC4COCC(C3)N4)ccc2o1. The number of carbonyl (C=O) groups excluding carboxylic acids is 1. The number of hydrogen-bond donors (Lipinski definition) is 1. The van der Waals surface area contributed by atoms with Gasteiger partial charge in [0.15, 0.2) is 17.3 Å². The minimum atomic E-state index is 0.0793. The molecule has 2 saturated heterocycles. The molecule has 4 rings (SSSR count). The Kier molecular flexibility index (Phi) is 3.05. The summed E-state index contributed by atoms with van der Waals surface area (Å²) in [5, 5.41) is 3.52. The molecule has 2 fully saturated rings. The number of Topliss-reactive ketones (excluding diaryl/α,β-unsaturated/α-hetero) is 1. The first-order valence-electron chi connectivity index (χ1n) is 7.44. The van der Waals surface area contributed by atoms with E-state index in [-0.39, 0.29) is 11.7 Å². The second-order valence-electron chi connectivity index (χ2n) is 6.05. The van der Waals surface area contributed by atoms with Gasteiger partial charge in [0.2, 0.25) is 0 Å². The third kappa shape index (κ3) is 2.36. The van der Waals surface area contributed by atoms with Crippen molar-refractivity contribution in [3.63, 3.8) is 0 Å². The number of carbonyl (C=O) groups is 1. The molecule has 2 aromatic rings. The van der Waals surface area contributed by atoms with Crippen molar-refractivity contribution in [2.75, 3.05) is 13.2 Å². The summed E-state index contributed by atoms with van der Waals surface area (Å²) < 4.78 is 11.0. The zero-order valence-electron chi connectivity index (χ0n) is 12.0. The van der Waals surface area contributed by atoms with Crippen LogP contribution in [0.15, 0.2) is 22.6 Å². The van der Waals surface area contributed by atoms with Crippen molar-refractivity contribution >= 4 is 16.9 Å². The molecule has 5 nitrogen and oxygen atoms in total. The molecule has 21 heavy (non-hydrogen) atoms. The smallest absolute Gasteiger partial charge is 0.192 e. The van der Waals surface area contributed by atoms with Crippen molar-refractivity contribution in [2.24, 2.45) is 5.92 Å². The van der Waals surface area contributed by atoms with E-state index in [0.717, 1.165) is 29.5 Å². The van der Waals surface area contributed by atoms with Gasteiger partial charge in [0.1, 0.15) is 5.52 Å². The van der Waals surface area contributed by atoms with Crippen molar-refractivity contribution in [3.05, 3.63) is 29.7 Å². The monoisotopic (exact) mass is 286 g/mol. The van der Waals surface area contributed by atoms with Crippen LogP contribution in [0, 0.1) is 12.8 Å². The Bertz CT molecular complexity index is 682. The predicted molar refractivity (Wildman–Crippen MR) is 77.3 cm³/mol. The van der Waals surface area contributed by atoms with Crippen molar-refractivity contribution < 1.29 is 13.9 Å². The molecule has 2 aliphatic heterocycles. The molecule has 0 amide bonds. The normalized spacial score (nSPS) is 28.7. The molecule has 5 heteroatoms. The standard InChI is InChI=1S/C16H18N2O3/c1-9-17-14-6-10(2-3-15(14)21-9)16(19)11-4-12-7-20-8-13(5-11)18-12/h2-3,6,11-13,18H,4-5,7-8H2,1H3. The quantitative estimate of drug-likeness (QED) is 0.856. The topological polar surface area (TPSA) is 64.4 Å². The van der Waals surface area contributed by atoms with E-state index in [1.807, 2.05) is 25.1 Å². The fourth-order valence-electron chi connectivity index (χ4n) is 3.48. The van der Waals surface area contributed by atoms with Crippen molar-refractivity contribution in [3.8, 4) is 0 Å². The zero-order valence-corrected chi connectivity index (χ0v) is 12.0. The molecule has 110 valence electrons. The summed E-state index contributed by atoms with van der Waals surface area (Å²) in [4.78, 5) is 17.1. The Morgan fingerprint density at radius 1 is 1.29 bits per heavy atom. The number of oxazole rings is 1. The average Bonchev–Trinajstić information content (AvgIpc) is 2.85. The Morgan fingerprint density at radius 3 is 2.81 bits per heavy atom. The molecule has 2 bridgehead atoms. The average molecular weight is 286 g/mol. The molecular formula is C16H18N2O3. The number of rotatable bonds is 2. The van der Waals surface area contributed by atoms with Crippen molar-refractivity contribution in [1.29, 1.82) is 0 Å². The number of piperidine rings is 1. The van der Waals surface area contributed by atoms with Crippen LogP contribution in [0.3, 0.4) is 0 Å². The predicted octanol–water partition coefficient (Wildman–Crippen LogP) is 2.09. The van der Waals surface area contributed by atoms with Crippen molar-refractivity contribution in [1.82, 2.24) is 10.3 Å². The number of hydrogen-bond acceptors (Lipinski definition) is 5. The van der Waals surface area contributed by atoms with Gasteiger partial charge in [-0.3, -0.25) is 4.79 Å². The van der Waals surface area contributed by atoms with E-state index < -0.39 is 0 Å². The highest BCUT2D eigenvalue weighted by Gasteiger charge is 2.35. The molecule has 2 unspecified atom stereocenters. The number of morpholine rings is 1. The molecule has 3 heterocycles.